The van der Waals surface area contributed by atoms with E-state index in [0.717, 1.165) is 37.4 Å². The molecule has 0 bridgehead atoms. The maximum atomic E-state index is 4.94. The second-order valence-corrected chi connectivity index (χ2v) is 8.58. The summed E-state index contributed by atoms with van der Waals surface area (Å²) in [6.07, 6.45) is 4.69. The topological polar surface area (TPSA) is 19.1 Å². The van der Waals surface area contributed by atoms with E-state index in [2.05, 4.69) is 73.6 Å². The van der Waals surface area contributed by atoms with Crippen molar-refractivity contribution in [1.82, 2.24) is 9.56 Å². The first-order valence-electron chi connectivity index (χ1n) is 10.9. The molecule has 3 rings (SSSR count). The standard InChI is InChI=1S/C24H34N3S.BrH/c1-5-13-26(14-6-2)19-9-11-21-23(17-19)28-24-18-20(10-12-22(24)25-21)27(15-7-3)16-8-4;/h9-12,17-18H,5-8,13-16H2,1-4H3;1H/q+1;/p-1. The predicted molar refractivity (Wildman–Crippen MR) is 125 cm³/mol. The van der Waals surface area contributed by atoms with Crippen molar-refractivity contribution in [3.63, 3.8) is 0 Å². The molecule has 0 N–H and O–H groups in total. The van der Waals surface area contributed by atoms with Crippen molar-refractivity contribution in [2.24, 2.45) is 0 Å². The number of anilines is 1. The Morgan fingerprint density at radius 2 is 1.55 bits per heavy atom. The highest BCUT2D eigenvalue weighted by molar-refractivity contribution is 7.21. The Morgan fingerprint density at radius 1 is 0.862 bits per heavy atom. The SMILES string of the molecule is CCCN(CCC)c1ccc2nc3ccc(=[N+](CCC)CCC)cc-3sc2c1.[Br-]. The van der Waals surface area contributed by atoms with Crippen molar-refractivity contribution >= 4 is 27.2 Å². The van der Waals surface area contributed by atoms with Gasteiger partial charge in [0.2, 0.25) is 5.36 Å². The minimum absolute atomic E-state index is 0. The molecule has 0 aromatic heterocycles. The van der Waals surface area contributed by atoms with E-state index >= 15 is 0 Å². The summed E-state index contributed by atoms with van der Waals surface area (Å²) in [5.74, 6) is 0. The number of benzene rings is 2. The van der Waals surface area contributed by atoms with Gasteiger partial charge in [0.1, 0.15) is 13.1 Å². The third-order valence-electron chi connectivity index (χ3n) is 5.05. The Bertz CT molecular complexity index is 936. The van der Waals surface area contributed by atoms with Crippen LogP contribution in [0, 0.1) is 0 Å². The van der Waals surface area contributed by atoms with Gasteiger partial charge in [-0.3, -0.25) is 0 Å². The molecule has 29 heavy (non-hydrogen) atoms. The minimum Gasteiger partial charge on any atom is -1.00 e. The fourth-order valence-corrected chi connectivity index (χ4v) is 4.85. The van der Waals surface area contributed by atoms with Crippen LogP contribution < -0.4 is 31.8 Å². The Balaban J connectivity index is 0.00000300. The van der Waals surface area contributed by atoms with E-state index < -0.39 is 0 Å². The van der Waals surface area contributed by atoms with Crippen molar-refractivity contribution in [3.8, 4) is 10.6 Å². The largest absolute Gasteiger partial charge is 1.00 e. The van der Waals surface area contributed by atoms with Gasteiger partial charge < -0.3 is 21.9 Å². The third kappa shape index (κ3) is 5.79. The Kier molecular flexibility index (Phi) is 9.57. The van der Waals surface area contributed by atoms with Crippen molar-refractivity contribution < 1.29 is 17.0 Å². The van der Waals surface area contributed by atoms with Crippen LogP contribution in [0.4, 0.5) is 5.69 Å². The number of rotatable bonds is 9. The predicted octanol–water partition coefficient (Wildman–Crippen LogP) is 2.62. The van der Waals surface area contributed by atoms with E-state index in [1.165, 1.54) is 46.3 Å². The van der Waals surface area contributed by atoms with Crippen LogP contribution in [0.3, 0.4) is 0 Å². The molecule has 0 unspecified atom stereocenters. The van der Waals surface area contributed by atoms with E-state index in [-0.39, 0.29) is 17.0 Å². The van der Waals surface area contributed by atoms with Gasteiger partial charge in [-0.25, -0.2) is 9.56 Å². The number of halogens is 1. The Hall–Kier alpha value is -1.46. The molecule has 5 heteroatoms. The highest BCUT2D eigenvalue weighted by Crippen LogP contribution is 2.32. The van der Waals surface area contributed by atoms with Crippen LogP contribution in [0.1, 0.15) is 53.4 Å². The summed E-state index contributed by atoms with van der Waals surface area (Å²) in [5, 5.41) is 1.32. The van der Waals surface area contributed by atoms with Crippen molar-refractivity contribution in [3.05, 3.63) is 41.8 Å². The average molecular weight is 477 g/mol. The van der Waals surface area contributed by atoms with Gasteiger partial charge in [0, 0.05) is 43.8 Å². The van der Waals surface area contributed by atoms with E-state index in [1.54, 1.807) is 0 Å². The van der Waals surface area contributed by atoms with Crippen LogP contribution in [0.15, 0.2) is 36.4 Å². The summed E-state index contributed by atoms with van der Waals surface area (Å²) in [6, 6.07) is 13.5. The van der Waals surface area contributed by atoms with E-state index in [4.69, 9.17) is 4.98 Å². The lowest BCUT2D eigenvalue weighted by Crippen LogP contribution is -3.00. The molecule has 0 amide bonds. The summed E-state index contributed by atoms with van der Waals surface area (Å²) >= 11 is 1.87. The maximum Gasteiger partial charge on any atom is 0.201 e. The molecule has 0 saturated carbocycles. The van der Waals surface area contributed by atoms with Gasteiger partial charge in [-0.15, -0.1) is 11.3 Å². The Morgan fingerprint density at radius 3 is 2.17 bits per heavy atom. The molecule has 0 spiro atoms. The lowest BCUT2D eigenvalue weighted by molar-refractivity contribution is -0.00000587. The van der Waals surface area contributed by atoms with Crippen LogP contribution in [0.2, 0.25) is 0 Å². The zero-order valence-corrected chi connectivity index (χ0v) is 20.7. The zero-order valence-electron chi connectivity index (χ0n) is 18.2. The van der Waals surface area contributed by atoms with Crippen LogP contribution in [-0.2, 0) is 0 Å². The molecule has 1 aliphatic carbocycles. The second kappa shape index (κ2) is 11.7. The first-order valence-corrected chi connectivity index (χ1v) is 11.7. The molecule has 0 atom stereocenters. The van der Waals surface area contributed by atoms with Gasteiger partial charge in [-0.1, -0.05) is 27.7 Å². The monoisotopic (exact) mass is 475 g/mol. The summed E-state index contributed by atoms with van der Waals surface area (Å²) in [5.41, 5.74) is 3.52. The number of fused-ring (bicyclic) bond motifs is 2. The number of hydrogen-bond donors (Lipinski definition) is 0. The molecular formula is C24H34BrN3S. The number of nitrogens with zero attached hydrogens (tertiary/aromatic N) is 3. The van der Waals surface area contributed by atoms with Crippen LogP contribution in [-0.4, -0.2) is 31.2 Å². The lowest BCUT2D eigenvalue weighted by atomic mass is 10.2. The fourth-order valence-electron chi connectivity index (χ4n) is 3.82. The summed E-state index contributed by atoms with van der Waals surface area (Å²) in [7, 11) is 0. The zero-order chi connectivity index (χ0) is 19.9. The van der Waals surface area contributed by atoms with E-state index in [9.17, 15) is 0 Å². The molecular weight excluding hydrogens is 442 g/mol. The molecule has 0 radical (unpaired) electrons. The molecule has 1 aliphatic heterocycles. The highest BCUT2D eigenvalue weighted by atomic mass is 79.9. The van der Waals surface area contributed by atoms with Crippen LogP contribution >= 0.6 is 11.3 Å². The van der Waals surface area contributed by atoms with Gasteiger partial charge in [-0.2, -0.15) is 0 Å². The number of hydrogen-bond acceptors (Lipinski definition) is 3. The molecule has 0 saturated heterocycles. The molecule has 1 aromatic rings. The summed E-state index contributed by atoms with van der Waals surface area (Å²) in [4.78, 5) is 8.71. The van der Waals surface area contributed by atoms with Gasteiger partial charge in [0.25, 0.3) is 0 Å². The molecule has 2 aliphatic rings. The molecule has 3 nitrogen and oxygen atoms in total. The Labute approximate surface area is 190 Å². The van der Waals surface area contributed by atoms with Crippen molar-refractivity contribution in [1.29, 1.82) is 0 Å². The van der Waals surface area contributed by atoms with Crippen LogP contribution in [0.25, 0.3) is 20.8 Å². The van der Waals surface area contributed by atoms with Gasteiger partial charge in [0.05, 0.1) is 20.8 Å². The lowest BCUT2D eigenvalue weighted by Gasteiger charge is -2.24. The summed E-state index contributed by atoms with van der Waals surface area (Å²) in [6.45, 7) is 13.4. The molecule has 1 heterocycles. The normalized spacial score (nSPS) is 10.9. The van der Waals surface area contributed by atoms with Gasteiger partial charge in [0.15, 0.2) is 0 Å². The van der Waals surface area contributed by atoms with Crippen molar-refractivity contribution in [2.75, 3.05) is 31.1 Å². The van der Waals surface area contributed by atoms with Gasteiger partial charge >= 0.3 is 0 Å². The maximum absolute atomic E-state index is 4.94. The molecule has 1 aromatic carbocycles. The second-order valence-electron chi connectivity index (χ2n) is 7.49. The van der Waals surface area contributed by atoms with Gasteiger partial charge in [-0.05, 0) is 37.1 Å². The average Bonchev–Trinajstić information content (AvgIpc) is 2.71. The molecule has 0 fully saturated rings. The van der Waals surface area contributed by atoms with Crippen LogP contribution in [0.5, 0.6) is 0 Å². The molecule has 158 valence electrons. The number of aromatic nitrogens is 1. The first-order chi connectivity index (χ1) is 13.7. The third-order valence-corrected chi connectivity index (χ3v) is 6.15. The quantitative estimate of drug-likeness (QED) is 0.350. The van der Waals surface area contributed by atoms with Crippen molar-refractivity contribution in [2.45, 2.75) is 53.4 Å². The van der Waals surface area contributed by atoms with E-state index in [1.807, 2.05) is 11.3 Å². The minimum atomic E-state index is 0. The summed E-state index contributed by atoms with van der Waals surface area (Å²) < 4.78 is 3.77. The van der Waals surface area contributed by atoms with E-state index in [0.29, 0.717) is 0 Å². The smallest absolute Gasteiger partial charge is 0.201 e. The highest BCUT2D eigenvalue weighted by Gasteiger charge is 2.12. The fraction of sp³-hybridized carbons (Fsp3) is 0.500. The first kappa shape index (κ1) is 23.8.